The maximum absolute atomic E-state index is 10.9. The third-order valence-corrected chi connectivity index (χ3v) is 2.44. The first-order chi connectivity index (χ1) is 5.68. The van der Waals surface area contributed by atoms with Gasteiger partial charge in [-0.05, 0) is 26.2 Å². The molecule has 0 amide bonds. The minimum atomic E-state index is -0.395. The molecule has 1 aliphatic rings. The number of carbonyl (C=O) groups excluding carboxylic acids is 1. The van der Waals surface area contributed by atoms with Crippen molar-refractivity contribution in [1.29, 1.82) is 0 Å². The quantitative estimate of drug-likeness (QED) is 0.639. The summed E-state index contributed by atoms with van der Waals surface area (Å²) in [7, 11) is 0. The van der Waals surface area contributed by atoms with Crippen molar-refractivity contribution in [2.45, 2.75) is 32.3 Å². The van der Waals surface area contributed by atoms with Gasteiger partial charge in [0.05, 0.1) is 6.10 Å². The van der Waals surface area contributed by atoms with Gasteiger partial charge in [-0.3, -0.25) is 0 Å². The highest BCUT2D eigenvalue weighted by Crippen LogP contribution is 2.32. The molecule has 1 unspecified atom stereocenters. The molecule has 0 aromatic carbocycles. The summed E-state index contributed by atoms with van der Waals surface area (Å²) in [6, 6.07) is 0. The summed E-state index contributed by atoms with van der Waals surface area (Å²) in [5, 5.41) is 9.20. The highest BCUT2D eigenvalue weighted by molar-refractivity contribution is 5.59. The van der Waals surface area contributed by atoms with Crippen LogP contribution in [-0.4, -0.2) is 30.7 Å². The number of rotatable bonds is 3. The highest BCUT2D eigenvalue weighted by Gasteiger charge is 2.33. The van der Waals surface area contributed by atoms with E-state index in [1.807, 2.05) is 0 Å². The SMILES string of the molecule is CC(O)CC1(C=O)CCOCC1. The molecule has 1 rings (SSSR count). The average Bonchev–Trinajstić information content (AvgIpc) is 2.05. The predicted molar refractivity (Wildman–Crippen MR) is 44.8 cm³/mol. The minimum Gasteiger partial charge on any atom is -0.393 e. The van der Waals surface area contributed by atoms with Crippen LogP contribution in [0.5, 0.6) is 0 Å². The van der Waals surface area contributed by atoms with Crippen LogP contribution in [0.25, 0.3) is 0 Å². The number of hydrogen-bond donors (Lipinski definition) is 1. The molecule has 0 radical (unpaired) electrons. The van der Waals surface area contributed by atoms with Crippen LogP contribution >= 0.6 is 0 Å². The van der Waals surface area contributed by atoms with E-state index in [1.165, 1.54) is 0 Å². The molecule has 0 aromatic rings. The largest absolute Gasteiger partial charge is 0.393 e. The van der Waals surface area contributed by atoms with Gasteiger partial charge >= 0.3 is 0 Å². The fourth-order valence-corrected chi connectivity index (χ4v) is 1.74. The van der Waals surface area contributed by atoms with Crippen LogP contribution in [0.2, 0.25) is 0 Å². The zero-order chi connectivity index (χ0) is 9.03. The highest BCUT2D eigenvalue weighted by atomic mass is 16.5. The summed E-state index contributed by atoms with van der Waals surface area (Å²) < 4.78 is 5.17. The first-order valence-corrected chi connectivity index (χ1v) is 4.41. The van der Waals surface area contributed by atoms with Gasteiger partial charge in [0.25, 0.3) is 0 Å². The summed E-state index contributed by atoms with van der Waals surface area (Å²) in [5.74, 6) is 0. The van der Waals surface area contributed by atoms with Crippen molar-refractivity contribution in [3.8, 4) is 0 Å². The second-order valence-corrected chi connectivity index (χ2v) is 3.65. The number of ether oxygens (including phenoxy) is 1. The van der Waals surface area contributed by atoms with Gasteiger partial charge in [0.1, 0.15) is 6.29 Å². The van der Waals surface area contributed by atoms with Crippen molar-refractivity contribution < 1.29 is 14.6 Å². The van der Waals surface area contributed by atoms with Crippen LogP contribution in [0.4, 0.5) is 0 Å². The van der Waals surface area contributed by atoms with Gasteiger partial charge in [-0.25, -0.2) is 0 Å². The topological polar surface area (TPSA) is 46.5 Å². The van der Waals surface area contributed by atoms with Gasteiger partial charge < -0.3 is 14.6 Å². The van der Waals surface area contributed by atoms with Gasteiger partial charge in [0.2, 0.25) is 0 Å². The molecule has 1 saturated heterocycles. The number of aldehydes is 1. The van der Waals surface area contributed by atoms with E-state index >= 15 is 0 Å². The van der Waals surface area contributed by atoms with E-state index in [1.54, 1.807) is 6.92 Å². The van der Waals surface area contributed by atoms with Gasteiger partial charge in [0, 0.05) is 18.6 Å². The maximum atomic E-state index is 10.9. The molecule has 1 heterocycles. The average molecular weight is 172 g/mol. The van der Waals surface area contributed by atoms with Crippen molar-refractivity contribution in [2.24, 2.45) is 5.41 Å². The molecule has 70 valence electrons. The molecule has 3 heteroatoms. The van der Waals surface area contributed by atoms with Gasteiger partial charge in [-0.1, -0.05) is 0 Å². The standard InChI is InChI=1S/C9H16O3/c1-8(11)6-9(7-10)2-4-12-5-3-9/h7-8,11H,2-6H2,1H3. The Balaban J connectivity index is 2.53. The summed E-state index contributed by atoms with van der Waals surface area (Å²) in [6.07, 6.45) is 2.67. The molecule has 0 aliphatic carbocycles. The second-order valence-electron chi connectivity index (χ2n) is 3.65. The Kier molecular flexibility index (Phi) is 3.23. The molecule has 1 atom stereocenters. The van der Waals surface area contributed by atoms with Crippen molar-refractivity contribution in [2.75, 3.05) is 13.2 Å². The third-order valence-electron chi connectivity index (χ3n) is 2.44. The van der Waals surface area contributed by atoms with Gasteiger partial charge in [-0.15, -0.1) is 0 Å². The van der Waals surface area contributed by atoms with Gasteiger partial charge in [0.15, 0.2) is 0 Å². The molecule has 0 aromatic heterocycles. The van der Waals surface area contributed by atoms with Gasteiger partial charge in [-0.2, -0.15) is 0 Å². The number of aliphatic hydroxyl groups is 1. The summed E-state index contributed by atoms with van der Waals surface area (Å²) in [6.45, 7) is 3.01. The Morgan fingerprint density at radius 2 is 2.17 bits per heavy atom. The van der Waals surface area contributed by atoms with Crippen molar-refractivity contribution in [1.82, 2.24) is 0 Å². The summed E-state index contributed by atoms with van der Waals surface area (Å²) >= 11 is 0. The fourth-order valence-electron chi connectivity index (χ4n) is 1.74. The molecular weight excluding hydrogens is 156 g/mol. The third kappa shape index (κ3) is 2.29. The van der Waals surface area contributed by atoms with Crippen LogP contribution in [0.1, 0.15) is 26.2 Å². The number of carbonyl (C=O) groups is 1. The Bertz CT molecular complexity index is 148. The normalized spacial score (nSPS) is 24.8. The first kappa shape index (κ1) is 9.68. The second kappa shape index (κ2) is 4.01. The fraction of sp³-hybridized carbons (Fsp3) is 0.889. The van der Waals surface area contributed by atoms with Crippen LogP contribution in [-0.2, 0) is 9.53 Å². The molecule has 0 bridgehead atoms. The summed E-state index contributed by atoms with van der Waals surface area (Å²) in [4.78, 5) is 10.9. The van der Waals surface area contributed by atoms with E-state index in [9.17, 15) is 9.90 Å². The van der Waals surface area contributed by atoms with E-state index in [0.29, 0.717) is 19.6 Å². The van der Waals surface area contributed by atoms with Crippen LogP contribution in [0.3, 0.4) is 0 Å². The molecule has 1 aliphatic heterocycles. The minimum absolute atomic E-state index is 0.313. The Morgan fingerprint density at radius 3 is 2.58 bits per heavy atom. The van der Waals surface area contributed by atoms with E-state index in [4.69, 9.17) is 4.74 Å². The molecule has 0 saturated carbocycles. The van der Waals surface area contributed by atoms with E-state index < -0.39 is 6.10 Å². The van der Waals surface area contributed by atoms with E-state index in [0.717, 1.165) is 19.1 Å². The lowest BCUT2D eigenvalue weighted by atomic mass is 9.77. The first-order valence-electron chi connectivity index (χ1n) is 4.41. The maximum Gasteiger partial charge on any atom is 0.126 e. The van der Waals surface area contributed by atoms with Crippen LogP contribution in [0, 0.1) is 5.41 Å². The number of aliphatic hydroxyl groups excluding tert-OH is 1. The lowest BCUT2D eigenvalue weighted by molar-refractivity contribution is -0.123. The van der Waals surface area contributed by atoms with Crippen LogP contribution in [0.15, 0.2) is 0 Å². The van der Waals surface area contributed by atoms with Crippen LogP contribution < -0.4 is 0 Å². The molecule has 1 N–H and O–H groups in total. The molecular formula is C9H16O3. The van der Waals surface area contributed by atoms with E-state index in [2.05, 4.69) is 0 Å². The number of hydrogen-bond acceptors (Lipinski definition) is 3. The van der Waals surface area contributed by atoms with E-state index in [-0.39, 0.29) is 5.41 Å². The lowest BCUT2D eigenvalue weighted by Gasteiger charge is -2.32. The molecule has 12 heavy (non-hydrogen) atoms. The lowest BCUT2D eigenvalue weighted by Crippen LogP contribution is -2.33. The smallest absolute Gasteiger partial charge is 0.126 e. The van der Waals surface area contributed by atoms with Crippen molar-refractivity contribution in [3.63, 3.8) is 0 Å². The molecule has 3 nitrogen and oxygen atoms in total. The Labute approximate surface area is 72.7 Å². The van der Waals surface area contributed by atoms with Crippen molar-refractivity contribution >= 4 is 6.29 Å². The monoisotopic (exact) mass is 172 g/mol. The zero-order valence-electron chi connectivity index (χ0n) is 7.45. The zero-order valence-corrected chi connectivity index (χ0v) is 7.45. The Morgan fingerprint density at radius 1 is 1.58 bits per heavy atom. The predicted octanol–water partition coefficient (Wildman–Crippen LogP) is 0.753. The summed E-state index contributed by atoms with van der Waals surface area (Å²) in [5.41, 5.74) is -0.313. The Hall–Kier alpha value is -0.410. The molecule has 0 spiro atoms. The van der Waals surface area contributed by atoms with Crippen molar-refractivity contribution in [3.05, 3.63) is 0 Å². The molecule has 1 fully saturated rings.